The van der Waals surface area contributed by atoms with Gasteiger partial charge in [0.1, 0.15) is 0 Å². The monoisotopic (exact) mass is 213 g/mol. The number of aliphatic hydroxyl groups excluding tert-OH is 1. The maximum atomic E-state index is 10.1. The molecule has 0 radical (unpaired) electrons. The van der Waals surface area contributed by atoms with E-state index in [4.69, 9.17) is 11.6 Å². The normalized spacial score (nSPS) is 14.1. The van der Waals surface area contributed by atoms with E-state index in [0.29, 0.717) is 5.02 Å². The molecule has 0 saturated carbocycles. The zero-order valence-electron chi connectivity index (χ0n) is 8.71. The van der Waals surface area contributed by atoms with Crippen LogP contribution in [0.5, 0.6) is 0 Å². The van der Waals surface area contributed by atoms with Gasteiger partial charge in [-0.1, -0.05) is 23.7 Å². The van der Waals surface area contributed by atoms with Gasteiger partial charge in [-0.25, -0.2) is 0 Å². The van der Waals surface area contributed by atoms with Gasteiger partial charge in [-0.15, -0.1) is 0 Å². The highest BCUT2D eigenvalue weighted by Gasteiger charge is 2.26. The van der Waals surface area contributed by atoms with Crippen LogP contribution in [0.25, 0.3) is 0 Å². The second-order valence-corrected chi connectivity index (χ2v) is 4.37. The van der Waals surface area contributed by atoms with E-state index in [-0.39, 0.29) is 5.54 Å². The van der Waals surface area contributed by atoms with Crippen LogP contribution >= 0.6 is 11.6 Å². The number of likely N-dealkylation sites (N-methyl/N-ethyl adjacent to an activating group) is 1. The number of hydrogen-bond donors (Lipinski definition) is 2. The molecule has 2 N–H and O–H groups in total. The van der Waals surface area contributed by atoms with Crippen LogP contribution < -0.4 is 5.32 Å². The molecule has 0 aliphatic heterocycles. The molecule has 1 aromatic carbocycles. The third-order valence-corrected chi connectivity index (χ3v) is 2.73. The van der Waals surface area contributed by atoms with Crippen molar-refractivity contribution in [2.24, 2.45) is 0 Å². The minimum absolute atomic E-state index is 0.356. The molecule has 1 aromatic rings. The molecule has 0 aliphatic rings. The Hall–Kier alpha value is -0.570. The molecule has 0 fully saturated rings. The molecule has 78 valence electrons. The van der Waals surface area contributed by atoms with Crippen molar-refractivity contribution in [1.82, 2.24) is 5.32 Å². The van der Waals surface area contributed by atoms with Gasteiger partial charge in [0.05, 0.1) is 6.10 Å². The second kappa shape index (κ2) is 4.30. The van der Waals surface area contributed by atoms with E-state index in [1.54, 1.807) is 12.1 Å². The highest BCUT2D eigenvalue weighted by Crippen LogP contribution is 2.26. The number of rotatable bonds is 3. The number of aliphatic hydroxyl groups is 1. The topological polar surface area (TPSA) is 32.3 Å². The molecule has 0 spiro atoms. The Morgan fingerprint density at radius 3 is 2.57 bits per heavy atom. The molecule has 1 unspecified atom stereocenters. The van der Waals surface area contributed by atoms with Crippen LogP contribution in [0, 0.1) is 0 Å². The van der Waals surface area contributed by atoms with Crippen LogP contribution in [-0.2, 0) is 0 Å². The average molecular weight is 214 g/mol. The molecule has 0 aliphatic carbocycles. The second-order valence-electron chi connectivity index (χ2n) is 3.93. The predicted molar refractivity (Wildman–Crippen MR) is 59.6 cm³/mol. The van der Waals surface area contributed by atoms with Crippen molar-refractivity contribution < 1.29 is 5.11 Å². The SMILES string of the molecule is CNC(C)(C)C(O)c1cccc(Cl)c1. The third-order valence-electron chi connectivity index (χ3n) is 2.49. The lowest BCUT2D eigenvalue weighted by atomic mass is 9.91. The van der Waals surface area contributed by atoms with Crippen molar-refractivity contribution in [3.8, 4) is 0 Å². The number of hydrogen-bond acceptors (Lipinski definition) is 2. The van der Waals surface area contributed by atoms with Gasteiger partial charge in [-0.3, -0.25) is 0 Å². The lowest BCUT2D eigenvalue weighted by Gasteiger charge is -2.30. The van der Waals surface area contributed by atoms with E-state index in [2.05, 4.69) is 5.32 Å². The summed E-state index contributed by atoms with van der Waals surface area (Å²) in [6.07, 6.45) is -0.564. The minimum atomic E-state index is -0.564. The predicted octanol–water partition coefficient (Wildman–Crippen LogP) is 2.37. The van der Waals surface area contributed by atoms with Crippen LogP contribution in [0.4, 0.5) is 0 Å². The first-order valence-corrected chi connectivity index (χ1v) is 4.97. The van der Waals surface area contributed by atoms with E-state index in [1.807, 2.05) is 33.0 Å². The molecule has 0 heterocycles. The summed E-state index contributed by atoms with van der Waals surface area (Å²) in [7, 11) is 1.83. The molecule has 3 heteroatoms. The Labute approximate surface area is 89.9 Å². The van der Waals surface area contributed by atoms with Crippen molar-refractivity contribution in [2.45, 2.75) is 25.5 Å². The molecule has 2 nitrogen and oxygen atoms in total. The Morgan fingerprint density at radius 2 is 2.07 bits per heavy atom. The molecule has 14 heavy (non-hydrogen) atoms. The molecule has 0 bridgehead atoms. The first-order valence-electron chi connectivity index (χ1n) is 4.60. The van der Waals surface area contributed by atoms with Gasteiger partial charge in [0.25, 0.3) is 0 Å². The standard InChI is InChI=1S/C11H16ClNO/c1-11(2,13-3)10(14)8-5-4-6-9(12)7-8/h4-7,10,13-14H,1-3H3. The largest absolute Gasteiger partial charge is 0.387 e. The molecule has 1 atom stereocenters. The molecule has 0 aromatic heterocycles. The van der Waals surface area contributed by atoms with Crippen LogP contribution in [-0.4, -0.2) is 17.7 Å². The summed E-state index contributed by atoms with van der Waals surface area (Å²) in [5.41, 5.74) is 0.474. The van der Waals surface area contributed by atoms with Gasteiger partial charge in [-0.05, 0) is 38.6 Å². The number of benzene rings is 1. The zero-order valence-corrected chi connectivity index (χ0v) is 9.47. The lowest BCUT2D eigenvalue weighted by Crippen LogP contribution is -2.42. The van der Waals surface area contributed by atoms with Crippen LogP contribution in [0.1, 0.15) is 25.5 Å². The molecule has 0 amide bonds. The van der Waals surface area contributed by atoms with Crippen molar-refractivity contribution in [3.63, 3.8) is 0 Å². The first-order chi connectivity index (χ1) is 6.47. The van der Waals surface area contributed by atoms with E-state index in [1.165, 1.54) is 0 Å². The summed E-state index contributed by atoms with van der Waals surface area (Å²) in [6, 6.07) is 7.29. The van der Waals surface area contributed by atoms with Crippen LogP contribution in [0.15, 0.2) is 24.3 Å². The fourth-order valence-electron chi connectivity index (χ4n) is 1.23. The molecular formula is C11H16ClNO. The van der Waals surface area contributed by atoms with Crippen LogP contribution in [0.3, 0.4) is 0 Å². The molecule has 0 saturated heterocycles. The Balaban J connectivity index is 2.94. The highest BCUT2D eigenvalue weighted by atomic mass is 35.5. The lowest BCUT2D eigenvalue weighted by molar-refractivity contribution is 0.0855. The summed E-state index contributed by atoms with van der Waals surface area (Å²) < 4.78 is 0. The van der Waals surface area contributed by atoms with Gasteiger partial charge < -0.3 is 10.4 Å². The fraction of sp³-hybridized carbons (Fsp3) is 0.455. The Morgan fingerprint density at radius 1 is 1.43 bits per heavy atom. The highest BCUT2D eigenvalue weighted by molar-refractivity contribution is 6.30. The van der Waals surface area contributed by atoms with E-state index in [9.17, 15) is 5.11 Å². The van der Waals surface area contributed by atoms with Crippen LogP contribution in [0.2, 0.25) is 5.02 Å². The van der Waals surface area contributed by atoms with Gasteiger partial charge in [-0.2, -0.15) is 0 Å². The van der Waals surface area contributed by atoms with Gasteiger partial charge in [0.2, 0.25) is 0 Å². The van der Waals surface area contributed by atoms with Gasteiger partial charge in [0.15, 0.2) is 0 Å². The maximum Gasteiger partial charge on any atom is 0.0966 e. The van der Waals surface area contributed by atoms with E-state index < -0.39 is 6.10 Å². The van der Waals surface area contributed by atoms with E-state index >= 15 is 0 Å². The summed E-state index contributed by atoms with van der Waals surface area (Å²) in [4.78, 5) is 0. The van der Waals surface area contributed by atoms with E-state index in [0.717, 1.165) is 5.56 Å². The third kappa shape index (κ3) is 2.47. The smallest absolute Gasteiger partial charge is 0.0966 e. The molecule has 1 rings (SSSR count). The average Bonchev–Trinajstić information content (AvgIpc) is 2.16. The quantitative estimate of drug-likeness (QED) is 0.808. The van der Waals surface area contributed by atoms with Crippen molar-refractivity contribution >= 4 is 11.6 Å². The summed E-state index contributed by atoms with van der Waals surface area (Å²) in [5, 5.41) is 13.8. The summed E-state index contributed by atoms with van der Waals surface area (Å²) in [5.74, 6) is 0. The Bertz CT molecular complexity index is 312. The van der Waals surface area contributed by atoms with Gasteiger partial charge in [0, 0.05) is 10.6 Å². The summed E-state index contributed by atoms with van der Waals surface area (Å²) >= 11 is 5.85. The maximum absolute atomic E-state index is 10.1. The minimum Gasteiger partial charge on any atom is -0.387 e. The van der Waals surface area contributed by atoms with Crippen molar-refractivity contribution in [1.29, 1.82) is 0 Å². The fourth-order valence-corrected chi connectivity index (χ4v) is 1.43. The Kier molecular flexibility index (Phi) is 3.53. The molecular weight excluding hydrogens is 198 g/mol. The number of halogens is 1. The zero-order chi connectivity index (χ0) is 10.8. The first kappa shape index (κ1) is 11.5. The van der Waals surface area contributed by atoms with Crippen molar-refractivity contribution in [2.75, 3.05) is 7.05 Å². The number of nitrogens with one attached hydrogen (secondary N) is 1. The van der Waals surface area contributed by atoms with Crippen molar-refractivity contribution in [3.05, 3.63) is 34.9 Å². The van der Waals surface area contributed by atoms with Gasteiger partial charge >= 0.3 is 0 Å². The summed E-state index contributed by atoms with van der Waals surface area (Å²) in [6.45, 7) is 3.89.